The average molecular weight is 469 g/mol. The number of nitrogens with zero attached hydrogens (tertiary/aromatic N) is 2. The second-order valence-corrected chi connectivity index (χ2v) is 8.35. The van der Waals surface area contributed by atoms with Crippen molar-refractivity contribution in [3.63, 3.8) is 0 Å². The highest BCUT2D eigenvalue weighted by Crippen LogP contribution is 2.38. The Kier molecular flexibility index (Phi) is 5.77. The van der Waals surface area contributed by atoms with Crippen LogP contribution < -0.4 is 5.32 Å². The van der Waals surface area contributed by atoms with Gasteiger partial charge in [-0.1, -0.05) is 18.2 Å². The van der Waals surface area contributed by atoms with Gasteiger partial charge in [-0.2, -0.15) is 13.2 Å². The predicted octanol–water partition coefficient (Wildman–Crippen LogP) is 6.73. The first-order valence-corrected chi connectivity index (χ1v) is 11.0. The molecule has 4 aromatic rings. The van der Waals surface area contributed by atoms with E-state index >= 15 is 0 Å². The van der Waals surface area contributed by atoms with Crippen molar-refractivity contribution in [3.8, 4) is 22.4 Å². The molecule has 1 fully saturated rings. The summed E-state index contributed by atoms with van der Waals surface area (Å²) in [5.41, 5.74) is 1.30. The summed E-state index contributed by atoms with van der Waals surface area (Å²) >= 11 is 0. The molecule has 34 heavy (non-hydrogen) atoms. The molecule has 0 bridgehead atoms. The topological polar surface area (TPSA) is 37.8 Å². The molecule has 1 saturated heterocycles. The van der Waals surface area contributed by atoms with Crippen LogP contribution in [0.15, 0.2) is 60.8 Å². The number of benzene rings is 2. The highest BCUT2D eigenvalue weighted by Gasteiger charge is 2.30. The predicted molar refractivity (Wildman–Crippen MR) is 120 cm³/mol. The molecule has 1 N–H and O–H groups in total. The Bertz CT molecular complexity index is 1320. The smallest absolute Gasteiger partial charge is 0.317 e. The minimum atomic E-state index is -4.45. The highest BCUT2D eigenvalue weighted by molar-refractivity contribution is 6.01. The van der Waals surface area contributed by atoms with Gasteiger partial charge in [0.2, 0.25) is 0 Å². The Hall–Kier alpha value is -3.39. The van der Waals surface area contributed by atoms with Crippen molar-refractivity contribution >= 4 is 10.9 Å². The molecule has 1 aliphatic heterocycles. The van der Waals surface area contributed by atoms with Crippen LogP contribution in [0.2, 0.25) is 0 Å². The number of aromatic nitrogens is 2. The zero-order valence-electron chi connectivity index (χ0n) is 18.0. The van der Waals surface area contributed by atoms with E-state index in [2.05, 4.69) is 10.3 Å². The maximum atomic E-state index is 14.7. The van der Waals surface area contributed by atoms with Crippen LogP contribution in [0.3, 0.4) is 0 Å². The number of halogens is 5. The first kappa shape index (κ1) is 22.4. The Morgan fingerprint density at radius 1 is 0.882 bits per heavy atom. The molecule has 0 unspecified atom stereocenters. The number of rotatable bonds is 3. The fourth-order valence-electron chi connectivity index (χ4n) is 4.48. The molecular formula is C26H20F5N3. The van der Waals surface area contributed by atoms with E-state index in [4.69, 9.17) is 4.98 Å². The molecule has 0 spiro atoms. The second kappa shape index (κ2) is 8.76. The van der Waals surface area contributed by atoms with E-state index < -0.39 is 23.4 Å². The molecule has 0 saturated carbocycles. The zero-order valence-corrected chi connectivity index (χ0v) is 18.0. The van der Waals surface area contributed by atoms with Gasteiger partial charge in [0.15, 0.2) is 0 Å². The largest absolute Gasteiger partial charge is 0.416 e. The SMILES string of the molecule is Fc1cccc(F)c1-c1nccc2c(-c3ccc(C(F)(F)F)cc3)cc(C3CCNCC3)nc12. The fourth-order valence-corrected chi connectivity index (χ4v) is 4.48. The lowest BCUT2D eigenvalue weighted by atomic mass is 9.90. The maximum Gasteiger partial charge on any atom is 0.416 e. The van der Waals surface area contributed by atoms with E-state index in [1.54, 1.807) is 6.07 Å². The van der Waals surface area contributed by atoms with Gasteiger partial charge < -0.3 is 5.32 Å². The maximum absolute atomic E-state index is 14.7. The van der Waals surface area contributed by atoms with Gasteiger partial charge in [-0.15, -0.1) is 0 Å². The third-order valence-electron chi connectivity index (χ3n) is 6.23. The summed E-state index contributed by atoms with van der Waals surface area (Å²) in [6, 6.07) is 12.0. The summed E-state index contributed by atoms with van der Waals surface area (Å²) in [6.45, 7) is 1.61. The summed E-state index contributed by atoms with van der Waals surface area (Å²) in [4.78, 5) is 9.06. The van der Waals surface area contributed by atoms with Crippen LogP contribution in [0.5, 0.6) is 0 Å². The van der Waals surface area contributed by atoms with Crippen molar-refractivity contribution in [1.82, 2.24) is 15.3 Å². The van der Waals surface area contributed by atoms with Crippen LogP contribution in [-0.4, -0.2) is 23.1 Å². The third-order valence-corrected chi connectivity index (χ3v) is 6.23. The first-order valence-electron chi connectivity index (χ1n) is 11.0. The number of nitrogens with one attached hydrogen (secondary N) is 1. The molecule has 8 heteroatoms. The van der Waals surface area contributed by atoms with Gasteiger partial charge in [0, 0.05) is 23.2 Å². The van der Waals surface area contributed by atoms with Crippen molar-refractivity contribution in [3.05, 3.63) is 83.7 Å². The van der Waals surface area contributed by atoms with Crippen LogP contribution in [0, 0.1) is 11.6 Å². The lowest BCUT2D eigenvalue weighted by Gasteiger charge is -2.23. The number of hydrogen-bond acceptors (Lipinski definition) is 3. The number of fused-ring (bicyclic) bond motifs is 1. The molecule has 0 aliphatic carbocycles. The van der Waals surface area contributed by atoms with Crippen molar-refractivity contribution < 1.29 is 22.0 Å². The summed E-state index contributed by atoms with van der Waals surface area (Å²) < 4.78 is 68.7. The van der Waals surface area contributed by atoms with Gasteiger partial charge in [0.05, 0.1) is 16.6 Å². The second-order valence-electron chi connectivity index (χ2n) is 8.35. The summed E-state index contributed by atoms with van der Waals surface area (Å²) in [6.07, 6.45) is -1.36. The average Bonchev–Trinajstić information content (AvgIpc) is 2.83. The molecule has 0 amide bonds. The minimum absolute atomic E-state index is 0.0667. The standard InChI is InChI=1S/C26H20F5N3/c27-20-2-1-3-21(28)23(20)25-24-18(10-13-33-25)19(14-22(34-24)16-8-11-32-12-9-16)15-4-6-17(7-5-15)26(29,30)31/h1-7,10,13-14,16,32H,8-9,11-12H2. The van der Waals surface area contributed by atoms with Crippen LogP contribution in [0.1, 0.15) is 30.0 Å². The van der Waals surface area contributed by atoms with Crippen molar-refractivity contribution in [2.24, 2.45) is 0 Å². The highest BCUT2D eigenvalue weighted by atomic mass is 19.4. The Balaban J connectivity index is 1.76. The summed E-state index contributed by atoms with van der Waals surface area (Å²) in [7, 11) is 0. The number of alkyl halides is 3. The zero-order chi connectivity index (χ0) is 23.9. The fraction of sp³-hybridized carbons (Fsp3) is 0.231. The molecule has 5 rings (SSSR count). The van der Waals surface area contributed by atoms with Crippen LogP contribution in [-0.2, 0) is 6.18 Å². The third kappa shape index (κ3) is 4.14. The number of hydrogen-bond donors (Lipinski definition) is 1. The van der Waals surface area contributed by atoms with E-state index in [0.29, 0.717) is 22.0 Å². The van der Waals surface area contributed by atoms with Crippen LogP contribution in [0.25, 0.3) is 33.3 Å². The minimum Gasteiger partial charge on any atom is -0.317 e. The molecule has 174 valence electrons. The van der Waals surface area contributed by atoms with Crippen molar-refractivity contribution in [2.75, 3.05) is 13.1 Å². The molecule has 0 atom stereocenters. The van der Waals surface area contributed by atoms with Gasteiger partial charge in [0.25, 0.3) is 0 Å². The first-order chi connectivity index (χ1) is 16.3. The Morgan fingerprint density at radius 3 is 2.21 bits per heavy atom. The van der Waals surface area contributed by atoms with E-state index in [1.807, 2.05) is 6.07 Å². The van der Waals surface area contributed by atoms with Crippen LogP contribution in [0.4, 0.5) is 22.0 Å². The van der Waals surface area contributed by atoms with Crippen molar-refractivity contribution in [2.45, 2.75) is 24.9 Å². The molecule has 3 nitrogen and oxygen atoms in total. The monoisotopic (exact) mass is 469 g/mol. The van der Waals surface area contributed by atoms with E-state index in [0.717, 1.165) is 55.9 Å². The van der Waals surface area contributed by atoms with E-state index in [-0.39, 0.29) is 17.2 Å². The molecule has 1 aliphatic rings. The van der Waals surface area contributed by atoms with Gasteiger partial charge in [-0.05, 0) is 73.5 Å². The van der Waals surface area contributed by atoms with Gasteiger partial charge in [-0.25, -0.2) is 8.78 Å². The number of pyridine rings is 2. The lowest BCUT2D eigenvalue weighted by molar-refractivity contribution is -0.137. The molecular weight excluding hydrogens is 449 g/mol. The van der Waals surface area contributed by atoms with Crippen molar-refractivity contribution in [1.29, 1.82) is 0 Å². The molecule has 2 aromatic heterocycles. The lowest BCUT2D eigenvalue weighted by Crippen LogP contribution is -2.27. The Labute approximate surface area is 192 Å². The molecule has 2 aromatic carbocycles. The summed E-state index contributed by atoms with van der Waals surface area (Å²) in [5.74, 6) is -1.41. The molecule has 0 radical (unpaired) electrons. The molecule has 3 heterocycles. The Morgan fingerprint density at radius 2 is 1.56 bits per heavy atom. The van der Waals surface area contributed by atoms with E-state index in [1.165, 1.54) is 24.4 Å². The van der Waals surface area contributed by atoms with Gasteiger partial charge >= 0.3 is 6.18 Å². The van der Waals surface area contributed by atoms with Crippen LogP contribution >= 0.6 is 0 Å². The van der Waals surface area contributed by atoms with E-state index in [9.17, 15) is 22.0 Å². The quantitative estimate of drug-likeness (QED) is 0.338. The van der Waals surface area contributed by atoms with Gasteiger partial charge in [-0.3, -0.25) is 9.97 Å². The normalized spacial score (nSPS) is 15.1. The van der Waals surface area contributed by atoms with Gasteiger partial charge in [0.1, 0.15) is 17.3 Å². The number of piperidine rings is 1. The summed E-state index contributed by atoms with van der Waals surface area (Å²) in [5, 5.41) is 3.85.